The van der Waals surface area contributed by atoms with E-state index in [4.69, 9.17) is 27.0 Å². The highest BCUT2D eigenvalue weighted by Gasteiger charge is 2.54. The molecule has 204 valence electrons. The minimum atomic E-state index is -1.26. The van der Waals surface area contributed by atoms with Crippen molar-refractivity contribution in [1.82, 2.24) is 25.4 Å². The SMILES string of the molecule is CON=C(C(=O)N[C@@H]1C(=O)N2C(C(=O)O)=C(CSc3nnc(SC(C#N)C(=N)N)s3)CS[C@@H]12)c1csc(N)n1. The topological polar surface area (TPSA) is 247 Å². The molecule has 0 saturated carbocycles. The van der Waals surface area contributed by atoms with Gasteiger partial charge in [0, 0.05) is 16.9 Å². The van der Waals surface area contributed by atoms with E-state index in [1.54, 1.807) is 0 Å². The number of carboxylic acids is 1. The number of β-lactam (4-membered cyclic amide) rings is 1. The largest absolute Gasteiger partial charge is 0.477 e. The van der Waals surface area contributed by atoms with Gasteiger partial charge in [0.15, 0.2) is 24.8 Å². The van der Waals surface area contributed by atoms with Crippen molar-refractivity contribution in [2.24, 2.45) is 10.9 Å². The van der Waals surface area contributed by atoms with Crippen LogP contribution in [0.3, 0.4) is 0 Å². The quantitative estimate of drug-likeness (QED) is 0.0744. The number of carbonyl (C=O) groups is 3. The van der Waals surface area contributed by atoms with Gasteiger partial charge < -0.3 is 26.7 Å². The van der Waals surface area contributed by atoms with Crippen molar-refractivity contribution in [3.8, 4) is 6.07 Å². The van der Waals surface area contributed by atoms with Gasteiger partial charge in [0.1, 0.15) is 35.8 Å². The number of nitriles is 1. The Balaban J connectivity index is 1.44. The van der Waals surface area contributed by atoms with Gasteiger partial charge in [0.2, 0.25) is 0 Å². The number of fused-ring (bicyclic) bond motifs is 1. The molecule has 4 rings (SSSR count). The van der Waals surface area contributed by atoms with E-state index in [0.717, 1.165) is 28.0 Å². The van der Waals surface area contributed by atoms with Crippen LogP contribution in [0.4, 0.5) is 5.13 Å². The first kappa shape index (κ1) is 28.6. The summed E-state index contributed by atoms with van der Waals surface area (Å²) >= 11 is 5.85. The zero-order valence-electron chi connectivity index (χ0n) is 19.7. The molecule has 1 unspecified atom stereocenters. The molecule has 3 atom stereocenters. The highest BCUT2D eigenvalue weighted by atomic mass is 32.2. The lowest BCUT2D eigenvalue weighted by Crippen LogP contribution is -2.71. The Bertz CT molecular complexity index is 1430. The number of amidine groups is 1. The minimum Gasteiger partial charge on any atom is -0.477 e. The number of amides is 2. The minimum absolute atomic E-state index is 0.139. The van der Waals surface area contributed by atoms with Gasteiger partial charge in [0.05, 0.1) is 6.07 Å². The molecule has 15 nitrogen and oxygen atoms in total. The second-order valence-electron chi connectivity index (χ2n) is 7.52. The summed E-state index contributed by atoms with van der Waals surface area (Å²) in [5.41, 5.74) is 11.4. The number of anilines is 1. The average Bonchev–Trinajstić information content (AvgIpc) is 3.55. The van der Waals surface area contributed by atoms with E-state index in [2.05, 4.69) is 25.7 Å². The number of hydrogen-bond acceptors (Lipinski definition) is 16. The predicted octanol–water partition coefficient (Wildman–Crippen LogP) is 0.378. The summed E-state index contributed by atoms with van der Waals surface area (Å²) < 4.78 is 0.966. The van der Waals surface area contributed by atoms with E-state index in [1.165, 1.54) is 47.4 Å². The fraction of sp³-hybridized carbons (Fsp3) is 0.316. The van der Waals surface area contributed by atoms with Crippen LogP contribution in [0.1, 0.15) is 5.69 Å². The van der Waals surface area contributed by atoms with Gasteiger partial charge in [-0.2, -0.15) is 5.26 Å². The number of aromatic nitrogens is 3. The summed E-state index contributed by atoms with van der Waals surface area (Å²) in [4.78, 5) is 47.9. The molecular formula is C19H18N10O5S5. The van der Waals surface area contributed by atoms with E-state index in [9.17, 15) is 19.5 Å². The van der Waals surface area contributed by atoms with E-state index in [0.29, 0.717) is 20.0 Å². The predicted molar refractivity (Wildman–Crippen MR) is 148 cm³/mol. The van der Waals surface area contributed by atoms with E-state index < -0.39 is 34.4 Å². The van der Waals surface area contributed by atoms with Gasteiger partial charge in [-0.25, -0.2) is 9.78 Å². The standard InChI is InChI=1S/C19H18N10O5S5/c1-34-28-9(7-5-36-17(23)24-7)13(30)25-10-14(31)29-11(16(32)33)6(3-35-15(10)29)4-37-18-26-27-19(39-18)38-8(2-20)12(21)22/h5,8,10,15H,3-4H2,1H3,(H3,21,22)(H2,23,24)(H,25,30)(H,32,33)/t8?,10-,15+/m1/s1. The third-order valence-corrected chi connectivity index (χ3v) is 10.4. The highest BCUT2D eigenvalue weighted by Crippen LogP contribution is 2.42. The van der Waals surface area contributed by atoms with E-state index in [1.807, 2.05) is 6.07 Å². The fourth-order valence-electron chi connectivity index (χ4n) is 3.41. The summed E-state index contributed by atoms with van der Waals surface area (Å²) in [6, 6.07) is 0.932. The summed E-state index contributed by atoms with van der Waals surface area (Å²) in [7, 11) is 1.26. The van der Waals surface area contributed by atoms with Crippen LogP contribution in [-0.4, -0.2) is 89.8 Å². The Hall–Kier alpha value is -3.38. The summed E-state index contributed by atoms with van der Waals surface area (Å²) in [6.45, 7) is 0. The molecule has 0 radical (unpaired) electrons. The van der Waals surface area contributed by atoms with Crippen molar-refractivity contribution in [2.45, 2.75) is 25.3 Å². The first-order valence-corrected chi connectivity index (χ1v) is 15.2. The smallest absolute Gasteiger partial charge is 0.352 e. The van der Waals surface area contributed by atoms with Crippen molar-refractivity contribution >= 4 is 92.4 Å². The Morgan fingerprint density at radius 2 is 2.21 bits per heavy atom. The lowest BCUT2D eigenvalue weighted by atomic mass is 10.0. The van der Waals surface area contributed by atoms with Gasteiger partial charge in [-0.05, 0) is 5.57 Å². The molecule has 2 amide bonds. The molecule has 1 fully saturated rings. The number of thioether (sulfide) groups is 3. The van der Waals surface area contributed by atoms with Crippen LogP contribution < -0.4 is 16.8 Å². The normalized spacial score (nSPS) is 19.5. The number of thiazole rings is 1. The highest BCUT2D eigenvalue weighted by molar-refractivity contribution is 8.04. The van der Waals surface area contributed by atoms with Crippen LogP contribution in [0.5, 0.6) is 0 Å². The number of carboxylic acid groups (broad SMARTS) is 1. The fourth-order valence-corrected chi connectivity index (χ4v) is 8.37. The van der Waals surface area contributed by atoms with Gasteiger partial charge in [-0.3, -0.25) is 19.9 Å². The second kappa shape index (κ2) is 12.2. The summed E-state index contributed by atoms with van der Waals surface area (Å²) in [6.07, 6.45) is 0. The molecule has 0 bridgehead atoms. The van der Waals surface area contributed by atoms with Crippen LogP contribution in [0, 0.1) is 16.7 Å². The maximum Gasteiger partial charge on any atom is 0.352 e. The third kappa shape index (κ3) is 6.11. The number of aliphatic carboxylic acids is 1. The lowest BCUT2D eigenvalue weighted by molar-refractivity contribution is -0.150. The molecule has 20 heteroatoms. The van der Waals surface area contributed by atoms with Crippen LogP contribution >= 0.6 is 58.0 Å². The molecule has 0 spiro atoms. The number of nitrogen functional groups attached to an aromatic ring is 1. The zero-order chi connectivity index (χ0) is 28.3. The first-order valence-electron chi connectivity index (χ1n) is 10.5. The Morgan fingerprint density at radius 1 is 1.46 bits per heavy atom. The van der Waals surface area contributed by atoms with Crippen molar-refractivity contribution in [3.05, 3.63) is 22.3 Å². The van der Waals surface area contributed by atoms with Crippen molar-refractivity contribution in [2.75, 3.05) is 24.3 Å². The molecule has 7 N–H and O–H groups in total. The Labute approximate surface area is 240 Å². The van der Waals surface area contributed by atoms with Gasteiger partial charge in [0.25, 0.3) is 11.8 Å². The zero-order valence-corrected chi connectivity index (χ0v) is 23.8. The number of hydrogen-bond donors (Lipinski definition) is 5. The molecule has 39 heavy (non-hydrogen) atoms. The van der Waals surface area contributed by atoms with Crippen LogP contribution in [0.2, 0.25) is 0 Å². The van der Waals surface area contributed by atoms with Gasteiger partial charge in [-0.15, -0.1) is 33.3 Å². The monoisotopic (exact) mass is 626 g/mol. The molecule has 4 heterocycles. The van der Waals surface area contributed by atoms with Crippen molar-refractivity contribution in [3.63, 3.8) is 0 Å². The van der Waals surface area contributed by atoms with Gasteiger partial charge in [-0.1, -0.05) is 40.0 Å². The van der Waals surface area contributed by atoms with Gasteiger partial charge >= 0.3 is 5.97 Å². The maximum absolute atomic E-state index is 13.0. The Kier molecular flexibility index (Phi) is 8.96. The Morgan fingerprint density at radius 3 is 2.82 bits per heavy atom. The third-order valence-electron chi connectivity index (χ3n) is 5.07. The average molecular weight is 627 g/mol. The molecule has 2 aromatic rings. The summed E-state index contributed by atoms with van der Waals surface area (Å²) in [5.74, 6) is -2.31. The lowest BCUT2D eigenvalue weighted by Gasteiger charge is -2.49. The van der Waals surface area contributed by atoms with Crippen LogP contribution in [-0.2, 0) is 19.2 Å². The van der Waals surface area contributed by atoms with Crippen molar-refractivity contribution < 1.29 is 24.3 Å². The second-order valence-corrected chi connectivity index (χ2v) is 13.1. The number of nitrogens with zero attached hydrogens (tertiary/aromatic N) is 6. The number of carbonyl (C=O) groups excluding carboxylic acids is 2. The maximum atomic E-state index is 13.0. The molecule has 0 aliphatic carbocycles. The van der Waals surface area contributed by atoms with Crippen LogP contribution in [0.25, 0.3) is 0 Å². The molecule has 1 saturated heterocycles. The molecule has 2 aromatic heterocycles. The molecule has 0 aromatic carbocycles. The number of nitrogens with one attached hydrogen (secondary N) is 2. The van der Waals surface area contributed by atoms with E-state index in [-0.39, 0.29) is 33.8 Å². The number of rotatable bonds is 11. The van der Waals surface area contributed by atoms with Crippen molar-refractivity contribution in [1.29, 1.82) is 10.7 Å². The molecule has 2 aliphatic rings. The number of oxime groups is 1. The summed E-state index contributed by atoms with van der Waals surface area (Å²) in [5, 5.41) is 41.0. The van der Waals surface area contributed by atoms with Crippen LogP contribution in [0.15, 0.2) is 30.5 Å². The first-order chi connectivity index (χ1) is 18.6. The number of nitrogens with two attached hydrogens (primary N) is 2. The van der Waals surface area contributed by atoms with E-state index >= 15 is 0 Å². The molecule has 2 aliphatic heterocycles. The molecular weight excluding hydrogens is 609 g/mol.